The number of hydrogen-bond acceptors (Lipinski definition) is 0. The van der Waals surface area contributed by atoms with Gasteiger partial charge in [0.05, 0.1) is 0 Å². The van der Waals surface area contributed by atoms with Crippen LogP contribution < -0.4 is 4.57 Å². The van der Waals surface area contributed by atoms with Gasteiger partial charge in [0.25, 0.3) is 0 Å². The van der Waals surface area contributed by atoms with Crippen molar-refractivity contribution in [3.8, 4) is 11.3 Å². The zero-order valence-corrected chi connectivity index (χ0v) is 10.4. The monoisotopic (exact) mass is 212 g/mol. The third kappa shape index (κ3) is 1.73. The number of benzene rings is 1. The van der Waals surface area contributed by atoms with Gasteiger partial charge in [0.15, 0.2) is 6.20 Å². The van der Waals surface area contributed by atoms with E-state index in [9.17, 15) is 0 Å². The van der Waals surface area contributed by atoms with Crippen LogP contribution in [0.4, 0.5) is 0 Å². The van der Waals surface area contributed by atoms with Crippen LogP contribution in [0.1, 0.15) is 16.7 Å². The minimum absolute atomic E-state index is 1.32. The van der Waals surface area contributed by atoms with E-state index in [2.05, 4.69) is 68.9 Å². The number of aromatic nitrogens is 1. The molecular formula is C15H18N+. The van der Waals surface area contributed by atoms with Crippen molar-refractivity contribution in [2.24, 2.45) is 7.05 Å². The Balaban J connectivity index is 2.74. The molecular weight excluding hydrogens is 194 g/mol. The van der Waals surface area contributed by atoms with E-state index in [4.69, 9.17) is 0 Å². The van der Waals surface area contributed by atoms with Crippen LogP contribution in [0.5, 0.6) is 0 Å². The molecule has 0 aliphatic rings. The highest BCUT2D eigenvalue weighted by Crippen LogP contribution is 2.24. The minimum Gasteiger partial charge on any atom is -0.201 e. The number of hydrogen-bond donors (Lipinski definition) is 0. The van der Waals surface area contributed by atoms with Crippen molar-refractivity contribution in [2.75, 3.05) is 0 Å². The third-order valence-electron chi connectivity index (χ3n) is 3.25. The molecule has 0 unspecified atom stereocenters. The Kier molecular flexibility index (Phi) is 2.78. The summed E-state index contributed by atoms with van der Waals surface area (Å²) in [5, 5.41) is 0. The lowest BCUT2D eigenvalue weighted by atomic mass is 9.99. The summed E-state index contributed by atoms with van der Waals surface area (Å²) >= 11 is 0. The SMILES string of the molecule is Cc1ccccc1-c1c(C)c(C)cc[n+]1C. The van der Waals surface area contributed by atoms with Gasteiger partial charge in [-0.2, -0.15) is 0 Å². The van der Waals surface area contributed by atoms with Gasteiger partial charge in [-0.3, -0.25) is 0 Å². The van der Waals surface area contributed by atoms with Gasteiger partial charge in [0, 0.05) is 17.2 Å². The summed E-state index contributed by atoms with van der Waals surface area (Å²) < 4.78 is 2.20. The van der Waals surface area contributed by atoms with E-state index in [0.717, 1.165) is 0 Å². The van der Waals surface area contributed by atoms with E-state index in [0.29, 0.717) is 0 Å². The molecule has 1 heterocycles. The molecule has 16 heavy (non-hydrogen) atoms. The lowest BCUT2D eigenvalue weighted by Crippen LogP contribution is -2.31. The number of pyridine rings is 1. The Morgan fingerprint density at radius 1 is 0.875 bits per heavy atom. The van der Waals surface area contributed by atoms with Crippen molar-refractivity contribution in [1.29, 1.82) is 0 Å². The predicted octanol–water partition coefficient (Wildman–Crippen LogP) is 3.10. The molecule has 0 amide bonds. The first-order valence-corrected chi connectivity index (χ1v) is 5.63. The maximum Gasteiger partial charge on any atom is 0.215 e. The molecule has 2 aromatic rings. The van der Waals surface area contributed by atoms with Gasteiger partial charge in [0.2, 0.25) is 5.69 Å². The molecule has 0 saturated heterocycles. The normalized spacial score (nSPS) is 10.5. The Morgan fingerprint density at radius 3 is 2.25 bits per heavy atom. The average molecular weight is 212 g/mol. The van der Waals surface area contributed by atoms with Crippen molar-refractivity contribution >= 4 is 0 Å². The van der Waals surface area contributed by atoms with E-state index in [-0.39, 0.29) is 0 Å². The largest absolute Gasteiger partial charge is 0.215 e. The maximum absolute atomic E-state index is 2.20. The fraction of sp³-hybridized carbons (Fsp3) is 0.267. The highest BCUT2D eigenvalue weighted by Gasteiger charge is 2.16. The lowest BCUT2D eigenvalue weighted by molar-refractivity contribution is -0.660. The summed E-state index contributed by atoms with van der Waals surface area (Å²) in [4.78, 5) is 0. The molecule has 0 radical (unpaired) electrons. The lowest BCUT2D eigenvalue weighted by Gasteiger charge is -2.08. The molecule has 0 fully saturated rings. The summed E-state index contributed by atoms with van der Waals surface area (Å²) in [6.45, 7) is 6.52. The Labute approximate surface area is 97.4 Å². The van der Waals surface area contributed by atoms with Crippen LogP contribution in [0.2, 0.25) is 0 Å². The van der Waals surface area contributed by atoms with E-state index >= 15 is 0 Å². The van der Waals surface area contributed by atoms with Crippen molar-refractivity contribution in [1.82, 2.24) is 0 Å². The van der Waals surface area contributed by atoms with Crippen LogP contribution in [0.3, 0.4) is 0 Å². The van der Waals surface area contributed by atoms with Crippen molar-refractivity contribution in [2.45, 2.75) is 20.8 Å². The van der Waals surface area contributed by atoms with Crippen LogP contribution in [0, 0.1) is 20.8 Å². The van der Waals surface area contributed by atoms with Crippen molar-refractivity contribution < 1.29 is 4.57 Å². The van der Waals surface area contributed by atoms with E-state index in [1.165, 1.54) is 27.9 Å². The molecule has 1 heteroatoms. The number of aryl methyl sites for hydroxylation is 3. The molecule has 0 bridgehead atoms. The average Bonchev–Trinajstić information content (AvgIpc) is 2.27. The molecule has 0 aliphatic heterocycles. The Hall–Kier alpha value is -1.63. The molecule has 1 aromatic heterocycles. The van der Waals surface area contributed by atoms with Crippen LogP contribution >= 0.6 is 0 Å². The first-order valence-electron chi connectivity index (χ1n) is 5.63. The molecule has 2 rings (SSSR count). The molecule has 82 valence electrons. The van der Waals surface area contributed by atoms with Crippen LogP contribution in [0.15, 0.2) is 36.5 Å². The van der Waals surface area contributed by atoms with Crippen LogP contribution in [0.25, 0.3) is 11.3 Å². The van der Waals surface area contributed by atoms with Gasteiger partial charge < -0.3 is 0 Å². The Bertz CT molecular complexity index is 527. The fourth-order valence-electron chi connectivity index (χ4n) is 2.11. The van der Waals surface area contributed by atoms with E-state index in [1.807, 2.05) is 0 Å². The van der Waals surface area contributed by atoms with Crippen LogP contribution in [-0.2, 0) is 7.05 Å². The Morgan fingerprint density at radius 2 is 1.56 bits per heavy atom. The first kappa shape index (κ1) is 10.9. The fourth-order valence-corrected chi connectivity index (χ4v) is 2.11. The van der Waals surface area contributed by atoms with Crippen LogP contribution in [-0.4, -0.2) is 0 Å². The highest BCUT2D eigenvalue weighted by atomic mass is 14.9. The molecule has 0 spiro atoms. The molecule has 0 saturated carbocycles. The van der Waals surface area contributed by atoms with Gasteiger partial charge in [0.1, 0.15) is 7.05 Å². The first-order chi connectivity index (χ1) is 7.61. The van der Waals surface area contributed by atoms with Gasteiger partial charge >= 0.3 is 0 Å². The minimum atomic E-state index is 1.32. The second-order valence-corrected chi connectivity index (χ2v) is 4.40. The zero-order valence-electron chi connectivity index (χ0n) is 10.4. The summed E-state index contributed by atoms with van der Waals surface area (Å²) in [5.41, 5.74) is 6.67. The van der Waals surface area contributed by atoms with Gasteiger partial charge in [-0.15, -0.1) is 0 Å². The second kappa shape index (κ2) is 4.09. The third-order valence-corrected chi connectivity index (χ3v) is 3.25. The van der Waals surface area contributed by atoms with Gasteiger partial charge in [-0.25, -0.2) is 4.57 Å². The number of rotatable bonds is 1. The maximum atomic E-state index is 2.20. The van der Waals surface area contributed by atoms with E-state index < -0.39 is 0 Å². The summed E-state index contributed by atoms with van der Waals surface area (Å²) in [5.74, 6) is 0. The molecule has 0 aliphatic carbocycles. The standard InChI is InChI=1S/C15H18N/c1-11-9-10-16(4)15(13(11)3)14-8-6-5-7-12(14)2/h5-10H,1-4H3/q+1. The summed E-state index contributed by atoms with van der Waals surface area (Å²) in [7, 11) is 2.11. The van der Waals surface area contributed by atoms with Crippen molar-refractivity contribution in [3.05, 3.63) is 53.2 Å². The highest BCUT2D eigenvalue weighted by molar-refractivity contribution is 5.64. The van der Waals surface area contributed by atoms with Gasteiger partial charge in [-0.05, 0) is 38.0 Å². The molecule has 1 aromatic carbocycles. The molecule has 0 N–H and O–H groups in total. The predicted molar refractivity (Wildman–Crippen MR) is 67.3 cm³/mol. The second-order valence-electron chi connectivity index (χ2n) is 4.40. The smallest absolute Gasteiger partial charge is 0.201 e. The van der Waals surface area contributed by atoms with Gasteiger partial charge in [-0.1, -0.05) is 18.2 Å². The number of nitrogens with zero attached hydrogens (tertiary/aromatic N) is 1. The van der Waals surface area contributed by atoms with Crippen molar-refractivity contribution in [3.63, 3.8) is 0 Å². The quantitative estimate of drug-likeness (QED) is 0.639. The topological polar surface area (TPSA) is 3.88 Å². The summed E-state index contributed by atoms with van der Waals surface area (Å²) in [6.07, 6.45) is 2.13. The zero-order chi connectivity index (χ0) is 11.7. The summed E-state index contributed by atoms with van der Waals surface area (Å²) in [6, 6.07) is 10.7. The molecule has 1 nitrogen and oxygen atoms in total. The molecule has 0 atom stereocenters. The van der Waals surface area contributed by atoms with E-state index in [1.54, 1.807) is 0 Å².